The van der Waals surface area contributed by atoms with Gasteiger partial charge in [-0.25, -0.2) is 0 Å². The van der Waals surface area contributed by atoms with Crippen LogP contribution in [0.25, 0.3) is 0 Å². The van der Waals surface area contributed by atoms with E-state index in [0.29, 0.717) is 5.56 Å². The molecule has 1 amide bonds. The normalized spacial score (nSPS) is 9.90. The molecule has 0 bridgehead atoms. The lowest BCUT2D eigenvalue weighted by molar-refractivity contribution is -0.393. The van der Waals surface area contributed by atoms with Crippen molar-refractivity contribution in [1.29, 1.82) is 0 Å². The summed E-state index contributed by atoms with van der Waals surface area (Å²) in [5, 5.41) is 23.9. The van der Waals surface area contributed by atoms with Gasteiger partial charge in [0.2, 0.25) is 0 Å². The Kier molecular flexibility index (Phi) is 3.89. The molecule has 0 aliphatic carbocycles. The second-order valence-electron chi connectivity index (χ2n) is 4.04. The highest BCUT2D eigenvalue weighted by Gasteiger charge is 2.21. The lowest BCUT2D eigenvalue weighted by Crippen LogP contribution is -2.13. The quantitative estimate of drug-likeness (QED) is 0.685. The molecule has 0 aliphatic rings. The van der Waals surface area contributed by atoms with E-state index in [2.05, 4.69) is 5.32 Å². The van der Waals surface area contributed by atoms with Crippen molar-refractivity contribution in [3.05, 3.63) is 74.3 Å². The van der Waals surface area contributed by atoms with Crippen molar-refractivity contribution in [2.24, 2.45) is 0 Å². The number of nitrogens with one attached hydrogen (secondary N) is 1. The molecule has 0 atom stereocenters. The molecule has 21 heavy (non-hydrogen) atoms. The molecule has 0 unspecified atom stereocenters. The number of nitro benzene ring substituents is 2. The van der Waals surface area contributed by atoms with Crippen molar-refractivity contribution in [3.8, 4) is 0 Å². The molecule has 8 heteroatoms. The monoisotopic (exact) mass is 287 g/mol. The average molecular weight is 287 g/mol. The fourth-order valence-electron chi connectivity index (χ4n) is 1.67. The van der Waals surface area contributed by atoms with Crippen molar-refractivity contribution in [2.75, 3.05) is 5.32 Å². The molecule has 0 heterocycles. The smallest absolute Gasteiger partial charge is 0.299 e. The number of hydrogen-bond donors (Lipinski definition) is 1. The summed E-state index contributed by atoms with van der Waals surface area (Å²) < 4.78 is 0. The first-order valence-electron chi connectivity index (χ1n) is 5.78. The third-order valence-electron chi connectivity index (χ3n) is 2.67. The fraction of sp³-hybridized carbons (Fsp3) is 0. The molecule has 0 fully saturated rings. The van der Waals surface area contributed by atoms with Crippen LogP contribution < -0.4 is 5.32 Å². The van der Waals surface area contributed by atoms with Gasteiger partial charge in [0, 0.05) is 11.6 Å². The van der Waals surface area contributed by atoms with Gasteiger partial charge in [0.15, 0.2) is 0 Å². The average Bonchev–Trinajstić information content (AvgIpc) is 2.48. The van der Waals surface area contributed by atoms with Crippen LogP contribution >= 0.6 is 0 Å². The van der Waals surface area contributed by atoms with Crippen LogP contribution in [0.2, 0.25) is 0 Å². The molecule has 0 radical (unpaired) electrons. The van der Waals surface area contributed by atoms with Gasteiger partial charge in [-0.2, -0.15) is 0 Å². The standard InChI is InChI=1S/C13H9N3O5/c17-13(9-4-2-1-3-5-9)14-11-7-6-10(15(18)19)8-12(11)16(20)21/h1-8H,(H,14,17). The number of nitrogens with zero attached hydrogens (tertiary/aromatic N) is 2. The van der Waals surface area contributed by atoms with E-state index in [-0.39, 0.29) is 5.69 Å². The van der Waals surface area contributed by atoms with Crippen molar-refractivity contribution in [1.82, 2.24) is 0 Å². The summed E-state index contributed by atoms with van der Waals surface area (Å²) in [4.78, 5) is 32.0. The maximum Gasteiger partial charge on any atom is 0.299 e. The minimum absolute atomic E-state index is 0.0977. The molecule has 0 aromatic heterocycles. The predicted octanol–water partition coefficient (Wildman–Crippen LogP) is 2.76. The lowest BCUT2D eigenvalue weighted by atomic mass is 10.2. The highest BCUT2D eigenvalue weighted by Crippen LogP contribution is 2.29. The fourth-order valence-corrected chi connectivity index (χ4v) is 1.67. The molecule has 2 aromatic carbocycles. The van der Waals surface area contributed by atoms with Crippen LogP contribution in [-0.4, -0.2) is 15.8 Å². The summed E-state index contributed by atoms with van der Waals surface area (Å²) in [6.07, 6.45) is 0. The first kappa shape index (κ1) is 14.1. The number of hydrogen-bond acceptors (Lipinski definition) is 5. The van der Waals surface area contributed by atoms with E-state index >= 15 is 0 Å². The van der Waals surface area contributed by atoms with Crippen molar-refractivity contribution < 1.29 is 14.6 Å². The van der Waals surface area contributed by atoms with Crippen LogP contribution in [0.1, 0.15) is 10.4 Å². The summed E-state index contributed by atoms with van der Waals surface area (Å²) in [5.41, 5.74) is -0.725. The highest BCUT2D eigenvalue weighted by molar-refractivity contribution is 6.05. The molecule has 2 aromatic rings. The van der Waals surface area contributed by atoms with E-state index in [4.69, 9.17) is 0 Å². The summed E-state index contributed by atoms with van der Waals surface area (Å²) in [6, 6.07) is 11.2. The van der Waals surface area contributed by atoms with E-state index < -0.39 is 27.1 Å². The van der Waals surface area contributed by atoms with Crippen molar-refractivity contribution in [3.63, 3.8) is 0 Å². The van der Waals surface area contributed by atoms with Crippen LogP contribution in [-0.2, 0) is 0 Å². The number of nitro groups is 2. The third kappa shape index (κ3) is 3.18. The van der Waals surface area contributed by atoms with Gasteiger partial charge < -0.3 is 5.32 Å². The van der Waals surface area contributed by atoms with Crippen LogP contribution in [0.15, 0.2) is 48.5 Å². The van der Waals surface area contributed by atoms with Gasteiger partial charge in [0.05, 0.1) is 15.9 Å². The summed E-state index contributed by atoms with van der Waals surface area (Å²) in [6.45, 7) is 0. The van der Waals surface area contributed by atoms with Crippen LogP contribution in [0.5, 0.6) is 0 Å². The van der Waals surface area contributed by atoms with Gasteiger partial charge in [-0.05, 0) is 18.2 Å². The van der Waals surface area contributed by atoms with E-state index in [0.717, 1.165) is 18.2 Å². The van der Waals surface area contributed by atoms with Gasteiger partial charge in [-0.3, -0.25) is 25.0 Å². The Bertz CT molecular complexity index is 715. The van der Waals surface area contributed by atoms with Crippen molar-refractivity contribution >= 4 is 23.0 Å². The lowest BCUT2D eigenvalue weighted by Gasteiger charge is -2.05. The molecule has 106 valence electrons. The second kappa shape index (κ2) is 5.78. The van der Waals surface area contributed by atoms with Crippen LogP contribution in [0.4, 0.5) is 17.1 Å². The molecule has 2 rings (SSSR count). The molecule has 0 saturated heterocycles. The summed E-state index contributed by atoms with van der Waals surface area (Å²) in [5.74, 6) is -0.535. The molecular formula is C13H9N3O5. The van der Waals surface area contributed by atoms with E-state index in [1.165, 1.54) is 0 Å². The molecule has 0 saturated carbocycles. The Morgan fingerprint density at radius 2 is 1.62 bits per heavy atom. The number of amides is 1. The van der Waals surface area contributed by atoms with Gasteiger partial charge in [0.25, 0.3) is 17.3 Å². The third-order valence-corrected chi connectivity index (χ3v) is 2.67. The Balaban J connectivity index is 2.34. The van der Waals surface area contributed by atoms with E-state index in [1.54, 1.807) is 30.3 Å². The number of carbonyl (C=O) groups is 1. The Labute approximate surface area is 118 Å². The molecule has 0 spiro atoms. The first-order chi connectivity index (χ1) is 9.99. The second-order valence-corrected chi connectivity index (χ2v) is 4.04. The maximum absolute atomic E-state index is 11.9. The zero-order valence-electron chi connectivity index (χ0n) is 10.6. The topological polar surface area (TPSA) is 115 Å². The highest BCUT2D eigenvalue weighted by atomic mass is 16.6. The SMILES string of the molecule is O=C(Nc1ccc([N+](=O)[O-])cc1[N+](=O)[O-])c1ccccc1. The zero-order valence-corrected chi connectivity index (χ0v) is 10.6. The Hall–Kier alpha value is -3.29. The Morgan fingerprint density at radius 1 is 0.952 bits per heavy atom. The molecular weight excluding hydrogens is 278 g/mol. The number of non-ortho nitro benzene ring substituents is 1. The number of anilines is 1. The molecule has 0 aliphatic heterocycles. The van der Waals surface area contributed by atoms with Gasteiger partial charge in [0.1, 0.15) is 5.69 Å². The van der Waals surface area contributed by atoms with Gasteiger partial charge >= 0.3 is 0 Å². The van der Waals surface area contributed by atoms with Gasteiger partial charge in [-0.1, -0.05) is 18.2 Å². The number of benzene rings is 2. The van der Waals surface area contributed by atoms with E-state index in [1.807, 2.05) is 0 Å². The Morgan fingerprint density at radius 3 is 2.19 bits per heavy atom. The van der Waals surface area contributed by atoms with Crippen LogP contribution in [0.3, 0.4) is 0 Å². The molecule has 8 nitrogen and oxygen atoms in total. The summed E-state index contributed by atoms with van der Waals surface area (Å²) >= 11 is 0. The first-order valence-corrected chi connectivity index (χ1v) is 5.78. The minimum atomic E-state index is -0.784. The van der Waals surface area contributed by atoms with Crippen molar-refractivity contribution in [2.45, 2.75) is 0 Å². The van der Waals surface area contributed by atoms with Crippen LogP contribution in [0, 0.1) is 20.2 Å². The predicted molar refractivity (Wildman–Crippen MR) is 74.1 cm³/mol. The maximum atomic E-state index is 11.9. The van der Waals surface area contributed by atoms with Gasteiger partial charge in [-0.15, -0.1) is 0 Å². The number of rotatable bonds is 4. The largest absolute Gasteiger partial charge is 0.316 e. The number of carbonyl (C=O) groups excluding carboxylic acids is 1. The molecule has 1 N–H and O–H groups in total. The van der Waals surface area contributed by atoms with E-state index in [9.17, 15) is 25.0 Å². The minimum Gasteiger partial charge on any atom is -0.316 e. The summed E-state index contributed by atoms with van der Waals surface area (Å²) in [7, 11) is 0. The zero-order chi connectivity index (χ0) is 15.4.